The number of hydrogen-bond acceptors (Lipinski definition) is 4. The van der Waals surface area contributed by atoms with Gasteiger partial charge in [-0.05, 0) is 25.2 Å². The van der Waals surface area contributed by atoms with Crippen molar-refractivity contribution in [1.29, 1.82) is 0 Å². The highest BCUT2D eigenvalue weighted by Gasteiger charge is 2.26. The van der Waals surface area contributed by atoms with Crippen molar-refractivity contribution < 1.29 is 9.72 Å². The van der Waals surface area contributed by atoms with E-state index in [2.05, 4.69) is 19.2 Å². The molecule has 0 aliphatic rings. The van der Waals surface area contributed by atoms with Crippen LogP contribution in [0.2, 0.25) is 5.02 Å². The average Bonchev–Trinajstić information content (AvgIpc) is 2.49. The van der Waals surface area contributed by atoms with Gasteiger partial charge in [0.05, 0.1) is 15.5 Å². The van der Waals surface area contributed by atoms with E-state index in [1.807, 2.05) is 6.26 Å². The van der Waals surface area contributed by atoms with Crippen molar-refractivity contribution in [3.63, 3.8) is 0 Å². The maximum atomic E-state index is 12.2. The molecule has 0 aliphatic heterocycles. The lowest BCUT2D eigenvalue weighted by Crippen LogP contribution is -2.39. The molecule has 5 nitrogen and oxygen atoms in total. The number of non-ortho nitro benzene ring substituents is 1. The number of benzene rings is 1. The van der Waals surface area contributed by atoms with Crippen LogP contribution in [-0.4, -0.2) is 28.4 Å². The van der Waals surface area contributed by atoms with E-state index in [9.17, 15) is 14.9 Å². The second kappa shape index (κ2) is 7.66. The molecule has 0 radical (unpaired) electrons. The molecule has 1 rings (SSSR count). The van der Waals surface area contributed by atoms with Crippen molar-refractivity contribution in [2.45, 2.75) is 31.4 Å². The van der Waals surface area contributed by atoms with Crippen LogP contribution < -0.4 is 5.32 Å². The molecular weight excluding hydrogens is 312 g/mol. The van der Waals surface area contributed by atoms with E-state index in [1.54, 1.807) is 11.8 Å². The van der Waals surface area contributed by atoms with Crippen LogP contribution in [0, 0.1) is 10.1 Å². The molecule has 0 saturated carbocycles. The van der Waals surface area contributed by atoms with Gasteiger partial charge in [-0.2, -0.15) is 11.8 Å². The summed E-state index contributed by atoms with van der Waals surface area (Å²) in [5.74, 6) is -0.385. The maximum Gasteiger partial charge on any atom is 0.270 e. The molecule has 116 valence electrons. The summed E-state index contributed by atoms with van der Waals surface area (Å²) >= 11 is 7.67. The molecule has 1 aromatic carbocycles. The van der Waals surface area contributed by atoms with E-state index >= 15 is 0 Å². The highest BCUT2D eigenvalue weighted by molar-refractivity contribution is 8.00. The van der Waals surface area contributed by atoms with Crippen molar-refractivity contribution in [1.82, 2.24) is 5.32 Å². The number of amides is 1. The fourth-order valence-corrected chi connectivity index (χ4v) is 3.00. The van der Waals surface area contributed by atoms with Gasteiger partial charge in [-0.1, -0.05) is 25.4 Å². The summed E-state index contributed by atoms with van der Waals surface area (Å²) in [4.78, 5) is 22.4. The topological polar surface area (TPSA) is 72.2 Å². The van der Waals surface area contributed by atoms with Crippen LogP contribution in [0.15, 0.2) is 18.2 Å². The first-order chi connectivity index (χ1) is 9.89. The molecule has 21 heavy (non-hydrogen) atoms. The number of halogens is 1. The SMILES string of the molecule is CCC(CC)(CNC(=O)c1cc([N+](=O)[O-])ccc1Cl)SC. The van der Waals surface area contributed by atoms with Gasteiger partial charge in [-0.3, -0.25) is 14.9 Å². The number of nitro groups is 1. The van der Waals surface area contributed by atoms with E-state index < -0.39 is 4.92 Å². The summed E-state index contributed by atoms with van der Waals surface area (Å²) in [6.45, 7) is 4.65. The average molecular weight is 331 g/mol. The Labute approximate surface area is 133 Å². The lowest BCUT2D eigenvalue weighted by Gasteiger charge is -2.29. The van der Waals surface area contributed by atoms with Gasteiger partial charge < -0.3 is 5.32 Å². The molecule has 0 saturated heterocycles. The maximum absolute atomic E-state index is 12.2. The molecule has 1 aromatic rings. The molecule has 1 amide bonds. The number of thioether (sulfide) groups is 1. The minimum atomic E-state index is -0.544. The second-order valence-electron chi connectivity index (χ2n) is 4.70. The van der Waals surface area contributed by atoms with Gasteiger partial charge >= 0.3 is 0 Å². The van der Waals surface area contributed by atoms with Crippen molar-refractivity contribution in [2.24, 2.45) is 0 Å². The number of carbonyl (C=O) groups is 1. The van der Waals surface area contributed by atoms with Gasteiger partial charge in [0.25, 0.3) is 11.6 Å². The predicted octanol–water partition coefficient (Wildman–Crippen LogP) is 3.90. The molecule has 0 aromatic heterocycles. The molecule has 0 atom stereocenters. The summed E-state index contributed by atoms with van der Waals surface area (Å²) in [6, 6.07) is 3.86. The van der Waals surface area contributed by atoms with Crippen LogP contribution in [-0.2, 0) is 0 Å². The van der Waals surface area contributed by atoms with Gasteiger partial charge in [0.2, 0.25) is 0 Å². The molecule has 0 heterocycles. The number of rotatable bonds is 7. The molecule has 0 bridgehead atoms. The minimum Gasteiger partial charge on any atom is -0.351 e. The van der Waals surface area contributed by atoms with Crippen molar-refractivity contribution in [3.8, 4) is 0 Å². The van der Waals surface area contributed by atoms with E-state index in [0.717, 1.165) is 12.8 Å². The summed E-state index contributed by atoms with van der Waals surface area (Å²) in [5.41, 5.74) is -0.0141. The molecule has 0 aliphatic carbocycles. The first-order valence-electron chi connectivity index (χ1n) is 6.66. The van der Waals surface area contributed by atoms with Crippen LogP contribution in [0.5, 0.6) is 0 Å². The van der Waals surface area contributed by atoms with E-state index in [1.165, 1.54) is 18.2 Å². The van der Waals surface area contributed by atoms with Gasteiger partial charge in [0, 0.05) is 23.4 Å². The molecule has 0 unspecified atom stereocenters. The quantitative estimate of drug-likeness (QED) is 0.608. The van der Waals surface area contributed by atoms with Crippen LogP contribution >= 0.6 is 23.4 Å². The molecule has 7 heteroatoms. The first kappa shape index (κ1) is 17.8. The summed E-state index contributed by atoms with van der Waals surface area (Å²) in [5, 5.41) is 13.8. The number of nitrogens with one attached hydrogen (secondary N) is 1. The van der Waals surface area contributed by atoms with Crippen molar-refractivity contribution in [2.75, 3.05) is 12.8 Å². The van der Waals surface area contributed by atoms with Crippen LogP contribution in [0.1, 0.15) is 37.0 Å². The van der Waals surface area contributed by atoms with Crippen molar-refractivity contribution >= 4 is 35.0 Å². The zero-order valence-corrected chi connectivity index (χ0v) is 13.9. The monoisotopic (exact) mass is 330 g/mol. The third kappa shape index (κ3) is 4.35. The zero-order chi connectivity index (χ0) is 16.0. The van der Waals surface area contributed by atoms with E-state index in [0.29, 0.717) is 6.54 Å². The van der Waals surface area contributed by atoms with Crippen LogP contribution in [0.25, 0.3) is 0 Å². The Morgan fingerprint density at radius 1 is 1.43 bits per heavy atom. The Morgan fingerprint density at radius 2 is 2.05 bits per heavy atom. The van der Waals surface area contributed by atoms with Gasteiger partial charge in [-0.25, -0.2) is 0 Å². The number of nitrogens with zero attached hydrogens (tertiary/aromatic N) is 1. The zero-order valence-electron chi connectivity index (χ0n) is 12.3. The summed E-state index contributed by atoms with van der Waals surface area (Å²) < 4.78 is -0.0250. The van der Waals surface area contributed by atoms with Gasteiger partial charge in [0.15, 0.2) is 0 Å². The summed E-state index contributed by atoms with van der Waals surface area (Å²) in [7, 11) is 0. The van der Waals surface area contributed by atoms with Crippen LogP contribution in [0.4, 0.5) is 5.69 Å². The molecule has 0 fully saturated rings. The number of carbonyl (C=O) groups excluding carboxylic acids is 1. The predicted molar refractivity (Wildman–Crippen MR) is 87.3 cm³/mol. The fraction of sp³-hybridized carbons (Fsp3) is 0.500. The third-order valence-electron chi connectivity index (χ3n) is 3.70. The Hall–Kier alpha value is -1.27. The standard InChI is InChI=1S/C14H19ClN2O3S/c1-4-14(5-2,21-3)9-16-13(18)11-8-10(17(19)20)6-7-12(11)15/h6-8H,4-5,9H2,1-3H3,(H,16,18). The second-order valence-corrected chi connectivity index (χ2v) is 6.38. The Morgan fingerprint density at radius 3 is 2.52 bits per heavy atom. The highest BCUT2D eigenvalue weighted by Crippen LogP contribution is 2.30. The lowest BCUT2D eigenvalue weighted by molar-refractivity contribution is -0.384. The minimum absolute atomic E-state index is 0.0250. The van der Waals surface area contributed by atoms with Crippen LogP contribution in [0.3, 0.4) is 0 Å². The van der Waals surface area contributed by atoms with Gasteiger partial charge in [0.1, 0.15) is 0 Å². The highest BCUT2D eigenvalue weighted by atomic mass is 35.5. The molecule has 0 spiro atoms. The Bertz CT molecular complexity index is 525. The normalized spacial score (nSPS) is 11.2. The van der Waals surface area contributed by atoms with E-state index in [4.69, 9.17) is 11.6 Å². The lowest BCUT2D eigenvalue weighted by atomic mass is 10.0. The van der Waals surface area contributed by atoms with E-state index in [-0.39, 0.29) is 26.9 Å². The molecular formula is C14H19ClN2O3S. The third-order valence-corrected chi connectivity index (χ3v) is 5.62. The largest absolute Gasteiger partial charge is 0.351 e. The van der Waals surface area contributed by atoms with Crippen molar-refractivity contribution in [3.05, 3.63) is 38.9 Å². The Balaban J connectivity index is 2.89. The Kier molecular flexibility index (Phi) is 6.48. The molecule has 1 N–H and O–H groups in total. The first-order valence-corrected chi connectivity index (χ1v) is 8.26. The van der Waals surface area contributed by atoms with Gasteiger partial charge in [-0.15, -0.1) is 0 Å². The smallest absolute Gasteiger partial charge is 0.270 e. The summed E-state index contributed by atoms with van der Waals surface area (Å²) in [6.07, 6.45) is 3.86. The number of hydrogen-bond donors (Lipinski definition) is 1. The number of nitro benzene ring substituents is 1. The fourth-order valence-electron chi connectivity index (χ4n) is 2.00.